The number of carbonyl (C=O) groups is 2. The molecule has 1 heterocycles. The fraction of sp³-hybridized carbons (Fsp3) is 0.692. The molecule has 8 nitrogen and oxygen atoms in total. The van der Waals surface area contributed by atoms with Crippen LogP contribution in [0.2, 0.25) is 0 Å². The number of nitrogens with one attached hydrogen (secondary N) is 1. The number of unbranched alkanes of at least 4 members (excludes halogenated alkanes) is 3. The van der Waals surface area contributed by atoms with Gasteiger partial charge in [-0.15, -0.1) is 0 Å². The number of carbonyl (C=O) groups excluding carboxylic acids is 2. The zero-order chi connectivity index (χ0) is 24.8. The van der Waals surface area contributed by atoms with Gasteiger partial charge in [-0.3, -0.25) is 9.59 Å². The van der Waals surface area contributed by atoms with Crippen LogP contribution in [0.4, 0.5) is 0 Å². The van der Waals surface area contributed by atoms with E-state index >= 15 is 0 Å². The van der Waals surface area contributed by atoms with Crippen molar-refractivity contribution in [3.8, 4) is 5.75 Å². The van der Waals surface area contributed by atoms with Gasteiger partial charge in [0.05, 0.1) is 19.3 Å². The fourth-order valence-electron chi connectivity index (χ4n) is 4.14. The summed E-state index contributed by atoms with van der Waals surface area (Å²) in [5.74, 6) is 0.408. The maximum atomic E-state index is 13.3. The van der Waals surface area contributed by atoms with Gasteiger partial charge in [0.1, 0.15) is 24.5 Å². The summed E-state index contributed by atoms with van der Waals surface area (Å²) >= 11 is 0. The molecule has 192 valence electrons. The number of hydrogen-bond donors (Lipinski definition) is 1. The number of Topliss-reactive ketones (excluding diaryl/α,β-unsaturated/α-hetero) is 1. The van der Waals surface area contributed by atoms with E-state index in [1.165, 1.54) is 32.6 Å². The van der Waals surface area contributed by atoms with Crippen molar-refractivity contribution < 1.29 is 33.9 Å². The highest BCUT2D eigenvalue weighted by Gasteiger charge is 2.36. The molecular formula is C26H41NO7. The quantitative estimate of drug-likeness (QED) is 0.149. The molecule has 2 rings (SSSR count). The molecule has 0 aliphatic carbocycles. The molecule has 34 heavy (non-hydrogen) atoms. The Hall–Kier alpha value is -2.00. The van der Waals surface area contributed by atoms with Gasteiger partial charge in [0.25, 0.3) is 0 Å². The van der Waals surface area contributed by atoms with Crippen molar-refractivity contribution in [3.05, 3.63) is 29.3 Å². The minimum absolute atomic E-state index is 0.0353. The van der Waals surface area contributed by atoms with Gasteiger partial charge in [-0.25, -0.2) is 19.6 Å². The Kier molecular flexibility index (Phi) is 12.5. The Morgan fingerprint density at radius 2 is 1.74 bits per heavy atom. The van der Waals surface area contributed by atoms with E-state index in [1.807, 2.05) is 12.1 Å². The van der Waals surface area contributed by atoms with E-state index in [0.717, 1.165) is 30.6 Å². The first kappa shape index (κ1) is 28.2. The molecule has 1 aliphatic heterocycles. The first-order chi connectivity index (χ1) is 16.4. The largest absolute Gasteiger partial charge is 0.490 e. The Morgan fingerprint density at radius 1 is 1.03 bits per heavy atom. The molecule has 1 aromatic rings. The molecule has 0 radical (unpaired) electrons. The van der Waals surface area contributed by atoms with E-state index in [1.54, 1.807) is 19.9 Å². The molecule has 1 aromatic carbocycles. The summed E-state index contributed by atoms with van der Waals surface area (Å²) in [5, 5.41) is 2.81. The summed E-state index contributed by atoms with van der Waals surface area (Å²) in [6.45, 7) is 7.71. The summed E-state index contributed by atoms with van der Waals surface area (Å²) in [6, 6.07) is 5.57. The lowest BCUT2D eigenvalue weighted by atomic mass is 9.90. The van der Waals surface area contributed by atoms with Crippen molar-refractivity contribution in [1.82, 2.24) is 5.32 Å². The van der Waals surface area contributed by atoms with Gasteiger partial charge < -0.3 is 10.1 Å². The van der Waals surface area contributed by atoms with Crippen molar-refractivity contribution in [2.45, 2.75) is 90.7 Å². The van der Waals surface area contributed by atoms with Gasteiger partial charge in [-0.1, -0.05) is 26.2 Å². The zero-order valence-electron chi connectivity index (χ0n) is 21.2. The molecule has 1 atom stereocenters. The summed E-state index contributed by atoms with van der Waals surface area (Å²) in [5.41, 5.74) is 0.465. The molecule has 1 amide bonds. The highest BCUT2D eigenvalue weighted by Crippen LogP contribution is 2.31. The highest BCUT2D eigenvalue weighted by molar-refractivity contribution is 5.97. The lowest BCUT2D eigenvalue weighted by molar-refractivity contribution is -0.328. The summed E-state index contributed by atoms with van der Waals surface area (Å²) < 4.78 is 6.19. The van der Waals surface area contributed by atoms with Crippen LogP contribution in [0.1, 0.15) is 88.6 Å². The predicted octanol–water partition coefficient (Wildman–Crippen LogP) is 4.73. The van der Waals surface area contributed by atoms with E-state index < -0.39 is 5.54 Å². The molecule has 0 fully saturated rings. The second-order valence-corrected chi connectivity index (χ2v) is 8.85. The average molecular weight is 480 g/mol. The third-order valence-corrected chi connectivity index (χ3v) is 5.80. The SMILES string of the molecule is CCCCCCC1CCc2cc(C(=O)CC(COOCC)(COOCC)NC(C)=O)ccc2O1. The number of benzene rings is 1. The van der Waals surface area contributed by atoms with Crippen molar-refractivity contribution in [2.75, 3.05) is 26.4 Å². The molecule has 0 saturated carbocycles. The van der Waals surface area contributed by atoms with Crippen molar-refractivity contribution in [3.63, 3.8) is 0 Å². The van der Waals surface area contributed by atoms with Crippen LogP contribution in [-0.4, -0.2) is 49.8 Å². The smallest absolute Gasteiger partial charge is 0.217 e. The molecule has 1 unspecified atom stereocenters. The normalized spacial score (nSPS) is 15.5. The third kappa shape index (κ3) is 9.33. The molecule has 0 aromatic heterocycles. The van der Waals surface area contributed by atoms with Gasteiger partial charge in [-0.05, 0) is 63.3 Å². The maximum absolute atomic E-state index is 13.3. The lowest BCUT2D eigenvalue weighted by Gasteiger charge is -2.32. The minimum Gasteiger partial charge on any atom is -0.490 e. The molecule has 1 N–H and O–H groups in total. The summed E-state index contributed by atoms with van der Waals surface area (Å²) in [6.07, 6.45) is 8.03. The molecule has 8 heteroatoms. The van der Waals surface area contributed by atoms with Crippen LogP contribution in [0.3, 0.4) is 0 Å². The number of fused-ring (bicyclic) bond motifs is 1. The number of aryl methyl sites for hydroxylation is 1. The molecule has 0 bridgehead atoms. The molecule has 0 spiro atoms. The molecule has 0 saturated heterocycles. The first-order valence-electron chi connectivity index (χ1n) is 12.5. The van der Waals surface area contributed by atoms with Gasteiger partial charge in [-0.2, -0.15) is 0 Å². The van der Waals surface area contributed by atoms with Gasteiger partial charge >= 0.3 is 0 Å². The van der Waals surface area contributed by atoms with E-state index in [9.17, 15) is 9.59 Å². The molecular weight excluding hydrogens is 438 g/mol. The van der Waals surface area contributed by atoms with Gasteiger partial charge in [0, 0.05) is 18.9 Å². The summed E-state index contributed by atoms with van der Waals surface area (Å²) in [7, 11) is 0. The number of ether oxygens (including phenoxy) is 1. The topological polar surface area (TPSA) is 92.3 Å². The summed E-state index contributed by atoms with van der Waals surface area (Å²) in [4.78, 5) is 45.7. The van der Waals surface area contributed by atoms with Crippen LogP contribution < -0.4 is 10.1 Å². The van der Waals surface area contributed by atoms with Crippen LogP contribution in [0.15, 0.2) is 18.2 Å². The first-order valence-corrected chi connectivity index (χ1v) is 12.5. The van der Waals surface area contributed by atoms with Crippen LogP contribution in [0, 0.1) is 0 Å². The number of ketones is 1. The van der Waals surface area contributed by atoms with Crippen LogP contribution >= 0.6 is 0 Å². The predicted molar refractivity (Wildman–Crippen MR) is 129 cm³/mol. The minimum atomic E-state index is -1.14. The highest BCUT2D eigenvalue weighted by atomic mass is 17.2. The van der Waals surface area contributed by atoms with Crippen LogP contribution in [-0.2, 0) is 30.8 Å². The zero-order valence-corrected chi connectivity index (χ0v) is 21.2. The number of hydrogen-bond acceptors (Lipinski definition) is 7. The van der Waals surface area contributed by atoms with Crippen molar-refractivity contribution in [1.29, 1.82) is 0 Å². The van der Waals surface area contributed by atoms with E-state index in [0.29, 0.717) is 18.8 Å². The fourth-order valence-corrected chi connectivity index (χ4v) is 4.14. The monoisotopic (exact) mass is 479 g/mol. The second-order valence-electron chi connectivity index (χ2n) is 8.85. The van der Waals surface area contributed by atoms with E-state index in [4.69, 9.17) is 24.3 Å². The lowest BCUT2D eigenvalue weighted by Crippen LogP contribution is -2.56. The second kappa shape index (κ2) is 15.1. The number of amides is 1. The van der Waals surface area contributed by atoms with Crippen LogP contribution in [0.25, 0.3) is 0 Å². The Balaban J connectivity index is 2.09. The van der Waals surface area contributed by atoms with E-state index in [-0.39, 0.29) is 37.4 Å². The van der Waals surface area contributed by atoms with Crippen molar-refractivity contribution >= 4 is 11.7 Å². The Bertz CT molecular complexity index is 758. The number of rotatable bonds is 17. The van der Waals surface area contributed by atoms with Gasteiger partial charge in [0.2, 0.25) is 5.91 Å². The van der Waals surface area contributed by atoms with Gasteiger partial charge in [0.15, 0.2) is 5.78 Å². The standard InChI is InChI=1S/C26H41NO7/c1-5-8-9-10-11-23-14-12-22-16-21(13-15-25(22)34-23)24(29)17-26(27-20(4)28,18-32-30-6-2)19-33-31-7-3/h13,15-16,23H,5-12,14,17-19H2,1-4H3,(H,27,28). The average Bonchev–Trinajstić information content (AvgIpc) is 2.81. The van der Waals surface area contributed by atoms with Crippen molar-refractivity contribution in [2.24, 2.45) is 0 Å². The van der Waals surface area contributed by atoms with E-state index in [2.05, 4.69) is 12.2 Å². The third-order valence-electron chi connectivity index (χ3n) is 5.80. The van der Waals surface area contributed by atoms with Crippen LogP contribution in [0.5, 0.6) is 5.75 Å². The maximum Gasteiger partial charge on any atom is 0.217 e. The Morgan fingerprint density at radius 3 is 2.35 bits per heavy atom. The Labute approximate surface area is 203 Å². The molecule has 1 aliphatic rings.